The Morgan fingerprint density at radius 2 is 2.26 bits per heavy atom. The molecule has 19 heavy (non-hydrogen) atoms. The molecule has 1 aromatic carbocycles. The van der Waals surface area contributed by atoms with E-state index in [1.165, 1.54) is 11.6 Å². The third-order valence-corrected chi connectivity index (χ3v) is 4.91. The molecule has 0 aliphatic rings. The van der Waals surface area contributed by atoms with Gasteiger partial charge in [0, 0.05) is 16.7 Å². The summed E-state index contributed by atoms with van der Waals surface area (Å²) in [5.41, 5.74) is 1.40. The summed E-state index contributed by atoms with van der Waals surface area (Å²) >= 11 is 3.45. The summed E-state index contributed by atoms with van der Waals surface area (Å²) in [5.74, 6) is 0.800. The third-order valence-electron chi connectivity index (χ3n) is 3.02. The predicted octanol–water partition coefficient (Wildman–Crippen LogP) is 4.20. The van der Waals surface area contributed by atoms with Gasteiger partial charge in [-0.05, 0) is 60.5 Å². The molecule has 0 bridgehead atoms. The van der Waals surface area contributed by atoms with Crippen LogP contribution >= 0.6 is 23.1 Å². The molecular weight excluding hydrogens is 277 g/mol. The van der Waals surface area contributed by atoms with Crippen molar-refractivity contribution in [3.63, 3.8) is 0 Å². The number of nitrogens with one attached hydrogen (secondary N) is 1. The summed E-state index contributed by atoms with van der Waals surface area (Å²) in [6.45, 7) is 0. The highest BCUT2D eigenvalue weighted by Gasteiger charge is 2.08. The molecule has 1 unspecified atom stereocenters. The van der Waals surface area contributed by atoms with Gasteiger partial charge in [0.25, 0.3) is 0 Å². The molecule has 0 fully saturated rings. The molecule has 0 spiro atoms. The van der Waals surface area contributed by atoms with Crippen molar-refractivity contribution >= 4 is 23.1 Å². The van der Waals surface area contributed by atoms with E-state index in [-0.39, 0.29) is 5.82 Å². The summed E-state index contributed by atoms with van der Waals surface area (Å²) in [6.07, 6.45) is 2.20. The molecule has 102 valence electrons. The lowest BCUT2D eigenvalue weighted by molar-refractivity contribution is 0.573. The molecule has 0 saturated carbocycles. The third kappa shape index (κ3) is 4.97. The average molecular weight is 295 g/mol. The van der Waals surface area contributed by atoms with Crippen LogP contribution in [0.5, 0.6) is 0 Å². The Bertz CT molecular complexity index is 485. The van der Waals surface area contributed by atoms with Crippen LogP contribution in [0, 0.1) is 5.82 Å². The van der Waals surface area contributed by atoms with E-state index in [0.717, 1.165) is 23.5 Å². The van der Waals surface area contributed by atoms with Crippen LogP contribution in [-0.4, -0.2) is 18.8 Å². The predicted molar refractivity (Wildman–Crippen MR) is 82.6 cm³/mol. The van der Waals surface area contributed by atoms with Crippen LogP contribution in [0.4, 0.5) is 4.39 Å². The number of rotatable bonds is 7. The second-order valence-corrected chi connectivity index (χ2v) is 6.30. The molecule has 0 saturated heterocycles. The summed E-state index contributed by atoms with van der Waals surface area (Å²) < 4.78 is 13.1. The highest BCUT2D eigenvalue weighted by atomic mass is 32.2. The van der Waals surface area contributed by atoms with Gasteiger partial charge < -0.3 is 5.32 Å². The SMILES string of the molecule is CNC(CCc1ccsc1)CSc1cccc(F)c1. The standard InChI is InChI=1S/C15H18FNS2/c1-17-14(6-5-12-7-8-18-10-12)11-19-15-4-2-3-13(16)9-15/h2-4,7-10,14,17H,5-6,11H2,1H3. The van der Waals surface area contributed by atoms with Crippen molar-refractivity contribution in [1.82, 2.24) is 5.32 Å². The van der Waals surface area contributed by atoms with Gasteiger partial charge >= 0.3 is 0 Å². The fraction of sp³-hybridized carbons (Fsp3) is 0.333. The fourth-order valence-electron chi connectivity index (χ4n) is 1.84. The lowest BCUT2D eigenvalue weighted by Gasteiger charge is -2.15. The van der Waals surface area contributed by atoms with Gasteiger partial charge in [-0.1, -0.05) is 6.07 Å². The van der Waals surface area contributed by atoms with Crippen molar-refractivity contribution in [2.45, 2.75) is 23.8 Å². The molecule has 1 nitrogen and oxygen atoms in total. The van der Waals surface area contributed by atoms with E-state index in [4.69, 9.17) is 0 Å². The van der Waals surface area contributed by atoms with Gasteiger partial charge in [0.1, 0.15) is 5.82 Å². The molecule has 2 aromatic rings. The van der Waals surface area contributed by atoms with Crippen LogP contribution in [0.2, 0.25) is 0 Å². The van der Waals surface area contributed by atoms with Crippen molar-refractivity contribution in [2.75, 3.05) is 12.8 Å². The van der Waals surface area contributed by atoms with Gasteiger partial charge in [-0.3, -0.25) is 0 Å². The van der Waals surface area contributed by atoms with Crippen LogP contribution in [0.3, 0.4) is 0 Å². The molecule has 4 heteroatoms. The van der Waals surface area contributed by atoms with Crippen LogP contribution in [0.15, 0.2) is 46.0 Å². The zero-order chi connectivity index (χ0) is 13.5. The van der Waals surface area contributed by atoms with Crippen molar-refractivity contribution < 1.29 is 4.39 Å². The monoisotopic (exact) mass is 295 g/mol. The van der Waals surface area contributed by atoms with Crippen molar-refractivity contribution in [1.29, 1.82) is 0 Å². The van der Waals surface area contributed by atoms with E-state index >= 15 is 0 Å². The minimum absolute atomic E-state index is 0.163. The summed E-state index contributed by atoms with van der Waals surface area (Å²) in [4.78, 5) is 0.996. The summed E-state index contributed by atoms with van der Waals surface area (Å²) in [6, 6.07) is 9.42. The fourth-order valence-corrected chi connectivity index (χ4v) is 3.64. The second-order valence-electron chi connectivity index (χ2n) is 4.42. The molecule has 0 aliphatic heterocycles. The first-order valence-corrected chi connectivity index (χ1v) is 8.27. The van der Waals surface area contributed by atoms with Gasteiger partial charge in [-0.25, -0.2) is 4.39 Å². The van der Waals surface area contributed by atoms with Gasteiger partial charge in [0.2, 0.25) is 0 Å². The number of benzene rings is 1. The van der Waals surface area contributed by atoms with Crippen molar-refractivity contribution in [2.24, 2.45) is 0 Å². The molecule has 0 amide bonds. The lowest BCUT2D eigenvalue weighted by Crippen LogP contribution is -2.28. The first kappa shape index (κ1) is 14.6. The normalized spacial score (nSPS) is 12.5. The maximum absolute atomic E-state index is 13.1. The number of aryl methyl sites for hydroxylation is 1. The largest absolute Gasteiger partial charge is 0.316 e. The van der Waals surface area contributed by atoms with E-state index in [1.54, 1.807) is 35.2 Å². The lowest BCUT2D eigenvalue weighted by atomic mass is 10.1. The van der Waals surface area contributed by atoms with E-state index in [9.17, 15) is 4.39 Å². The Hall–Kier alpha value is -0.840. The minimum Gasteiger partial charge on any atom is -0.316 e. The van der Waals surface area contributed by atoms with E-state index in [1.807, 2.05) is 13.1 Å². The Morgan fingerprint density at radius 1 is 1.37 bits per heavy atom. The van der Waals surface area contributed by atoms with Crippen LogP contribution in [-0.2, 0) is 6.42 Å². The van der Waals surface area contributed by atoms with Crippen LogP contribution in [0.1, 0.15) is 12.0 Å². The number of halogens is 1. The maximum atomic E-state index is 13.1. The Balaban J connectivity index is 1.79. The van der Waals surface area contributed by atoms with Crippen molar-refractivity contribution in [3.8, 4) is 0 Å². The number of hydrogen-bond acceptors (Lipinski definition) is 3. The Morgan fingerprint density at radius 3 is 2.95 bits per heavy atom. The smallest absolute Gasteiger partial charge is 0.124 e. The quantitative estimate of drug-likeness (QED) is 0.768. The number of hydrogen-bond donors (Lipinski definition) is 1. The first-order chi connectivity index (χ1) is 9.28. The van der Waals surface area contributed by atoms with Gasteiger partial charge in [0.15, 0.2) is 0 Å². The highest BCUT2D eigenvalue weighted by molar-refractivity contribution is 7.99. The van der Waals surface area contributed by atoms with Gasteiger partial charge in [-0.2, -0.15) is 11.3 Å². The number of thioether (sulfide) groups is 1. The maximum Gasteiger partial charge on any atom is 0.124 e. The van der Waals surface area contributed by atoms with Gasteiger partial charge in [-0.15, -0.1) is 11.8 Å². The highest BCUT2D eigenvalue weighted by Crippen LogP contribution is 2.21. The molecule has 1 aromatic heterocycles. The van der Waals surface area contributed by atoms with Crippen LogP contribution < -0.4 is 5.32 Å². The van der Waals surface area contributed by atoms with Crippen molar-refractivity contribution in [3.05, 3.63) is 52.5 Å². The minimum atomic E-state index is -0.163. The number of thiophene rings is 1. The summed E-state index contributed by atoms with van der Waals surface area (Å²) in [7, 11) is 1.99. The molecule has 1 heterocycles. The van der Waals surface area contributed by atoms with E-state index in [0.29, 0.717) is 6.04 Å². The summed E-state index contributed by atoms with van der Waals surface area (Å²) in [5, 5.41) is 7.66. The van der Waals surface area contributed by atoms with Crippen LogP contribution in [0.25, 0.3) is 0 Å². The second kappa shape index (κ2) is 7.68. The molecule has 0 radical (unpaired) electrons. The zero-order valence-electron chi connectivity index (χ0n) is 10.9. The molecule has 1 N–H and O–H groups in total. The van der Waals surface area contributed by atoms with E-state index in [2.05, 4.69) is 22.1 Å². The molecule has 1 atom stereocenters. The van der Waals surface area contributed by atoms with Gasteiger partial charge in [0.05, 0.1) is 0 Å². The topological polar surface area (TPSA) is 12.0 Å². The Labute approximate surface area is 122 Å². The molecular formula is C15H18FNS2. The first-order valence-electron chi connectivity index (χ1n) is 6.34. The molecule has 0 aliphatic carbocycles. The zero-order valence-corrected chi connectivity index (χ0v) is 12.6. The average Bonchev–Trinajstić information content (AvgIpc) is 2.92. The van der Waals surface area contributed by atoms with E-state index < -0.39 is 0 Å². The molecule has 2 rings (SSSR count). The Kier molecular flexibility index (Phi) is 5.89.